The molecule has 3 heterocycles. The molecule has 0 unspecified atom stereocenters. The van der Waals surface area contributed by atoms with Gasteiger partial charge in [0.15, 0.2) is 0 Å². The number of carbonyl (C=O) groups excluding carboxylic acids is 5. The molecule has 33 heavy (non-hydrogen) atoms. The first kappa shape index (κ1) is 30.1. The Morgan fingerprint density at radius 2 is 1.97 bits per heavy atom. The average Bonchev–Trinajstić information content (AvgIpc) is 3.20. The van der Waals surface area contributed by atoms with Crippen LogP contribution >= 0.6 is 23.1 Å². The minimum Gasteiger partial charge on any atom is -0.548 e. The Hall–Kier alpha value is -0.900. The Kier molecular flexibility index (Phi) is 11.6. The van der Waals surface area contributed by atoms with E-state index in [-0.39, 0.29) is 83.5 Å². The van der Waals surface area contributed by atoms with Gasteiger partial charge >= 0.3 is 65.1 Å². The number of nitrogens with one attached hydrogen (secondary N) is 1. The number of aliphatic carboxylic acids is 2. The van der Waals surface area contributed by atoms with E-state index in [9.17, 15) is 34.2 Å². The normalized spacial score (nSPS) is 21.1. The fourth-order valence-corrected chi connectivity index (χ4v) is 5.25. The van der Waals surface area contributed by atoms with Gasteiger partial charge in [-0.25, -0.2) is 0 Å². The van der Waals surface area contributed by atoms with Crippen LogP contribution < -0.4 is 74.6 Å². The van der Waals surface area contributed by atoms with Gasteiger partial charge in [0.1, 0.15) is 12.0 Å². The van der Waals surface area contributed by atoms with Crippen LogP contribution in [0.5, 0.6) is 0 Å². The van der Waals surface area contributed by atoms with Gasteiger partial charge in [0, 0.05) is 23.1 Å². The molecule has 0 spiro atoms. The minimum atomic E-state index is -2.09. The first-order valence-corrected chi connectivity index (χ1v) is 10.8. The third-order valence-corrected chi connectivity index (χ3v) is 6.66. The van der Waals surface area contributed by atoms with Crippen molar-refractivity contribution < 1.29 is 103 Å². The number of thiophene rings is 1. The van der Waals surface area contributed by atoms with Gasteiger partial charge in [-0.1, -0.05) is 6.07 Å². The van der Waals surface area contributed by atoms with Crippen molar-refractivity contribution in [3.05, 3.63) is 33.7 Å². The van der Waals surface area contributed by atoms with Crippen LogP contribution in [0, 0.1) is 0 Å². The van der Waals surface area contributed by atoms with Crippen LogP contribution in [0.3, 0.4) is 0 Å². The zero-order valence-corrected chi connectivity index (χ0v) is 23.7. The number of ether oxygens (including phenoxy) is 2. The number of carboxylic acid groups (broad SMARTS) is 2. The number of carboxylic acids is 2. The van der Waals surface area contributed by atoms with Crippen LogP contribution in [0.4, 0.5) is 0 Å². The van der Waals surface area contributed by atoms with Crippen molar-refractivity contribution in [2.24, 2.45) is 0 Å². The largest absolute Gasteiger partial charge is 1.00 e. The van der Waals surface area contributed by atoms with Gasteiger partial charge in [0.05, 0.1) is 30.7 Å². The van der Waals surface area contributed by atoms with Crippen molar-refractivity contribution in [1.82, 2.24) is 10.2 Å². The second kappa shape index (κ2) is 12.7. The topological polar surface area (TPSA) is 165 Å². The third-order valence-electron chi connectivity index (χ3n) is 4.41. The van der Waals surface area contributed by atoms with Crippen molar-refractivity contribution in [2.75, 3.05) is 19.0 Å². The minimum absolute atomic E-state index is 0. The zero-order chi connectivity index (χ0) is 22.8. The van der Waals surface area contributed by atoms with E-state index in [2.05, 4.69) is 5.32 Å². The average molecular weight is 514 g/mol. The Morgan fingerprint density at radius 3 is 2.52 bits per heavy atom. The SMILES string of the molecule is CC(=O)OCC1=C(C(=O)[O-])N2C(=O)[C@](NC(=O)Cc3cccs3)(OCC(=O)[O-])[C@H]2SC1.[Na+].[Na+]. The fraction of sp³-hybridized carbons (Fsp3) is 0.389. The molecular formula is C18H16N2Na2O9S2. The van der Waals surface area contributed by atoms with E-state index in [4.69, 9.17) is 9.47 Å². The number of nitrogens with zero attached hydrogens (tertiary/aromatic N) is 1. The number of rotatable bonds is 9. The van der Waals surface area contributed by atoms with Gasteiger partial charge in [-0.05, 0) is 11.4 Å². The van der Waals surface area contributed by atoms with Gasteiger partial charge in [-0.2, -0.15) is 0 Å². The number of esters is 1. The predicted octanol–water partition coefficient (Wildman–Crippen LogP) is -8.64. The maximum Gasteiger partial charge on any atom is 1.00 e. The summed E-state index contributed by atoms with van der Waals surface area (Å²) in [5, 5.41) is 25.8. The molecular weight excluding hydrogens is 498 g/mol. The summed E-state index contributed by atoms with van der Waals surface area (Å²) in [6.45, 7) is -0.213. The number of hydrogen-bond acceptors (Lipinski definition) is 11. The Bertz CT molecular complexity index is 970. The molecule has 2 amide bonds. The van der Waals surface area contributed by atoms with Gasteiger partial charge in [-0.3, -0.25) is 19.3 Å². The van der Waals surface area contributed by atoms with Gasteiger partial charge in [-0.15, -0.1) is 23.1 Å². The molecule has 0 saturated carbocycles. The second-order valence-corrected chi connectivity index (χ2v) is 8.66. The van der Waals surface area contributed by atoms with E-state index in [0.717, 1.165) is 23.6 Å². The number of fused-ring (bicyclic) bond motifs is 1. The number of β-lactam (4-membered cyclic amide) rings is 1. The summed E-state index contributed by atoms with van der Waals surface area (Å²) < 4.78 is 10.1. The van der Waals surface area contributed by atoms with Crippen LogP contribution in [-0.4, -0.2) is 64.7 Å². The van der Waals surface area contributed by atoms with E-state index in [0.29, 0.717) is 4.88 Å². The monoisotopic (exact) mass is 514 g/mol. The standard InChI is InChI=1S/C18H18N2O9S2.2Na/c1-9(21)28-6-10-8-31-17-18(29-7-13(23)24,16(27)20(17)14(10)15(25)26)19-12(22)5-11-3-2-4-30-11;;/h2-4,17H,5-8H2,1H3,(H,19,22)(H,23,24)(H,25,26);;/q;2*+1/p-2/t17-,18+;;/m1../s1. The molecule has 11 nitrogen and oxygen atoms in total. The van der Waals surface area contributed by atoms with Crippen molar-refractivity contribution in [3.63, 3.8) is 0 Å². The molecule has 1 aromatic heterocycles. The summed E-state index contributed by atoms with van der Waals surface area (Å²) >= 11 is 2.34. The maximum absolute atomic E-state index is 13.0. The van der Waals surface area contributed by atoms with Crippen LogP contribution in [0.2, 0.25) is 0 Å². The number of carbonyl (C=O) groups is 5. The first-order chi connectivity index (χ1) is 14.7. The molecule has 1 saturated heterocycles. The third kappa shape index (κ3) is 6.61. The summed E-state index contributed by atoms with van der Waals surface area (Å²) in [5.74, 6) is -5.52. The summed E-state index contributed by atoms with van der Waals surface area (Å²) in [6, 6.07) is 3.45. The molecule has 0 bridgehead atoms. The van der Waals surface area contributed by atoms with Crippen molar-refractivity contribution in [2.45, 2.75) is 24.4 Å². The van der Waals surface area contributed by atoms with Crippen molar-refractivity contribution in [3.8, 4) is 0 Å². The maximum atomic E-state index is 13.0. The molecule has 0 aliphatic carbocycles. The molecule has 15 heteroatoms. The smallest absolute Gasteiger partial charge is 0.548 e. The van der Waals surface area contributed by atoms with E-state index in [1.807, 2.05) is 0 Å². The van der Waals surface area contributed by atoms with Crippen molar-refractivity contribution >= 4 is 52.8 Å². The molecule has 1 fully saturated rings. The summed E-state index contributed by atoms with van der Waals surface area (Å²) in [5.41, 5.74) is -2.47. The van der Waals surface area contributed by atoms with Crippen LogP contribution in [0.25, 0.3) is 0 Å². The van der Waals surface area contributed by atoms with Gasteiger partial charge in [0.2, 0.25) is 5.91 Å². The molecule has 0 radical (unpaired) electrons. The second-order valence-electron chi connectivity index (χ2n) is 6.56. The molecule has 2 atom stereocenters. The summed E-state index contributed by atoms with van der Waals surface area (Å²) in [6.07, 6.45) is -0.0837. The predicted molar refractivity (Wildman–Crippen MR) is 102 cm³/mol. The van der Waals surface area contributed by atoms with Crippen LogP contribution in [-0.2, 0) is 39.9 Å². The zero-order valence-electron chi connectivity index (χ0n) is 18.1. The quantitative estimate of drug-likeness (QED) is 0.145. The Morgan fingerprint density at radius 1 is 1.27 bits per heavy atom. The molecule has 166 valence electrons. The van der Waals surface area contributed by atoms with E-state index in [1.54, 1.807) is 17.5 Å². The summed E-state index contributed by atoms with van der Waals surface area (Å²) in [4.78, 5) is 60.8. The molecule has 2 aliphatic heterocycles. The van der Waals surface area contributed by atoms with E-state index < -0.39 is 53.1 Å². The van der Waals surface area contributed by atoms with Crippen LogP contribution in [0.15, 0.2) is 28.8 Å². The molecule has 3 rings (SSSR count). The Balaban J connectivity index is 0.00000272. The molecule has 2 aliphatic rings. The number of hydrogen-bond donors (Lipinski definition) is 1. The van der Waals surface area contributed by atoms with Gasteiger partial charge in [0.25, 0.3) is 11.6 Å². The molecule has 1 aromatic rings. The Labute approximate surface area is 240 Å². The fourth-order valence-electron chi connectivity index (χ4n) is 3.16. The van der Waals surface area contributed by atoms with E-state index >= 15 is 0 Å². The number of thioether (sulfide) groups is 1. The first-order valence-electron chi connectivity index (χ1n) is 8.85. The van der Waals surface area contributed by atoms with Gasteiger partial charge < -0.3 is 34.6 Å². The molecule has 0 aromatic carbocycles. The molecule has 1 N–H and O–H groups in total. The van der Waals surface area contributed by atoms with E-state index in [1.165, 1.54) is 11.3 Å². The number of amides is 2. The van der Waals surface area contributed by atoms with Crippen molar-refractivity contribution in [1.29, 1.82) is 0 Å². The van der Waals surface area contributed by atoms with Crippen LogP contribution in [0.1, 0.15) is 11.8 Å². The summed E-state index contributed by atoms with van der Waals surface area (Å²) in [7, 11) is 0.